The highest BCUT2D eigenvalue weighted by molar-refractivity contribution is 7.91. The van der Waals surface area contributed by atoms with E-state index < -0.39 is 51.2 Å². The number of hydrogen-bond donors (Lipinski definition) is 1. The van der Waals surface area contributed by atoms with E-state index in [4.69, 9.17) is 9.47 Å². The Kier molecular flexibility index (Phi) is 5.30. The third kappa shape index (κ3) is 3.90. The molecule has 1 aliphatic heterocycles. The van der Waals surface area contributed by atoms with Crippen LogP contribution in [0.5, 0.6) is 0 Å². The molecule has 0 amide bonds. The lowest BCUT2D eigenvalue weighted by Crippen LogP contribution is -2.39. The van der Waals surface area contributed by atoms with E-state index in [-0.39, 0.29) is 13.2 Å². The summed E-state index contributed by atoms with van der Waals surface area (Å²) in [6.45, 7) is 3.26. The van der Waals surface area contributed by atoms with Gasteiger partial charge in [-0.2, -0.15) is 0 Å². The van der Waals surface area contributed by atoms with Crippen LogP contribution in [0.25, 0.3) is 0 Å². The van der Waals surface area contributed by atoms with Gasteiger partial charge in [0, 0.05) is 5.92 Å². The van der Waals surface area contributed by atoms with E-state index in [0.717, 1.165) is 0 Å². The molecule has 0 saturated carbocycles. The largest absolute Gasteiger partial charge is 0.465 e. The van der Waals surface area contributed by atoms with Crippen molar-refractivity contribution in [3.8, 4) is 0 Å². The average molecular weight is 294 g/mol. The van der Waals surface area contributed by atoms with Gasteiger partial charge in [-0.1, -0.05) is 0 Å². The summed E-state index contributed by atoms with van der Waals surface area (Å²) in [7, 11) is -3.45. The Hall–Kier alpha value is -1.15. The van der Waals surface area contributed by atoms with Crippen LogP contribution in [-0.4, -0.2) is 56.3 Å². The van der Waals surface area contributed by atoms with E-state index in [1.54, 1.807) is 13.8 Å². The van der Waals surface area contributed by atoms with Gasteiger partial charge in [0.1, 0.15) is 0 Å². The van der Waals surface area contributed by atoms with Crippen LogP contribution in [0.15, 0.2) is 0 Å². The Morgan fingerprint density at radius 1 is 1.16 bits per heavy atom. The first kappa shape index (κ1) is 15.9. The molecule has 2 atom stereocenters. The average Bonchev–Trinajstić information content (AvgIpc) is 2.53. The van der Waals surface area contributed by atoms with Crippen LogP contribution in [0.3, 0.4) is 0 Å². The van der Waals surface area contributed by atoms with E-state index in [2.05, 4.69) is 0 Å². The molecule has 2 unspecified atom stereocenters. The lowest BCUT2D eigenvalue weighted by Gasteiger charge is -2.21. The molecule has 1 heterocycles. The first-order chi connectivity index (χ1) is 8.82. The molecule has 0 aromatic heterocycles. The molecule has 1 fully saturated rings. The number of hydrogen-bond acceptors (Lipinski definition) is 7. The fourth-order valence-corrected chi connectivity index (χ4v) is 3.99. The number of aliphatic hydroxyl groups is 1. The Morgan fingerprint density at radius 3 is 1.95 bits per heavy atom. The number of aliphatic hydroxyl groups excluding tert-OH is 1. The number of esters is 2. The maximum absolute atomic E-state index is 11.8. The van der Waals surface area contributed by atoms with Gasteiger partial charge in [-0.15, -0.1) is 0 Å². The van der Waals surface area contributed by atoms with Crippen LogP contribution in [0.2, 0.25) is 0 Å². The second-order valence-corrected chi connectivity index (χ2v) is 6.44. The second-order valence-electron chi connectivity index (χ2n) is 4.29. The summed E-state index contributed by atoms with van der Waals surface area (Å²) in [5, 5.41) is 9.73. The molecule has 0 radical (unpaired) electrons. The van der Waals surface area contributed by atoms with Gasteiger partial charge in [-0.25, -0.2) is 8.42 Å². The van der Waals surface area contributed by atoms with Crippen molar-refractivity contribution in [3.05, 3.63) is 0 Å². The van der Waals surface area contributed by atoms with Crippen molar-refractivity contribution in [1.82, 2.24) is 0 Å². The minimum Gasteiger partial charge on any atom is -0.465 e. The predicted octanol–water partition coefficient (Wildman–Crippen LogP) is -0.866. The molecule has 110 valence electrons. The van der Waals surface area contributed by atoms with Gasteiger partial charge < -0.3 is 14.6 Å². The lowest BCUT2D eigenvalue weighted by atomic mass is 9.90. The van der Waals surface area contributed by atoms with Gasteiger partial charge in [0.05, 0.1) is 30.8 Å². The van der Waals surface area contributed by atoms with Crippen LogP contribution < -0.4 is 0 Å². The summed E-state index contributed by atoms with van der Waals surface area (Å²) in [6.07, 6.45) is -1.26. The molecule has 0 aromatic carbocycles. The summed E-state index contributed by atoms with van der Waals surface area (Å²) >= 11 is 0. The normalized spacial score (nSPS) is 25.3. The first-order valence-corrected chi connectivity index (χ1v) is 7.86. The fraction of sp³-hybridized carbons (Fsp3) is 0.818. The van der Waals surface area contributed by atoms with Crippen molar-refractivity contribution in [1.29, 1.82) is 0 Å². The molecule has 8 heteroatoms. The number of ether oxygens (including phenoxy) is 2. The third-order valence-electron chi connectivity index (χ3n) is 2.87. The van der Waals surface area contributed by atoms with E-state index in [0.29, 0.717) is 0 Å². The van der Waals surface area contributed by atoms with Crippen molar-refractivity contribution in [2.45, 2.75) is 20.0 Å². The van der Waals surface area contributed by atoms with Crippen LogP contribution in [0.1, 0.15) is 13.8 Å². The Morgan fingerprint density at radius 2 is 1.63 bits per heavy atom. The van der Waals surface area contributed by atoms with Crippen LogP contribution in [0.4, 0.5) is 0 Å². The van der Waals surface area contributed by atoms with Crippen LogP contribution >= 0.6 is 0 Å². The molecule has 1 saturated heterocycles. The van der Waals surface area contributed by atoms with Gasteiger partial charge in [-0.05, 0) is 13.8 Å². The van der Waals surface area contributed by atoms with E-state index in [1.165, 1.54) is 0 Å². The van der Waals surface area contributed by atoms with Gasteiger partial charge in [0.2, 0.25) is 0 Å². The zero-order valence-electron chi connectivity index (χ0n) is 10.9. The van der Waals surface area contributed by atoms with E-state index >= 15 is 0 Å². The topological polar surface area (TPSA) is 107 Å². The van der Waals surface area contributed by atoms with Crippen molar-refractivity contribution < 1.29 is 32.6 Å². The summed E-state index contributed by atoms with van der Waals surface area (Å²) in [6, 6.07) is 0. The molecule has 1 rings (SSSR count). The number of sulfone groups is 1. The maximum Gasteiger partial charge on any atom is 0.320 e. The predicted molar refractivity (Wildman–Crippen MR) is 64.9 cm³/mol. The molecule has 1 aliphatic rings. The monoisotopic (exact) mass is 294 g/mol. The van der Waals surface area contributed by atoms with E-state index in [1.807, 2.05) is 0 Å². The minimum atomic E-state index is -3.45. The number of carbonyl (C=O) groups excluding carboxylic acids is 2. The molecule has 1 N–H and O–H groups in total. The molecular weight excluding hydrogens is 276 g/mol. The molecule has 0 aromatic rings. The summed E-state index contributed by atoms with van der Waals surface area (Å²) < 4.78 is 32.4. The standard InChI is InChI=1S/C11H18O7S/c1-3-17-10(13)9(11(14)18-4-2)7-5-19(15,16)6-8(7)12/h7-9,12H,3-6H2,1-2H3. The smallest absolute Gasteiger partial charge is 0.320 e. The second kappa shape index (κ2) is 6.33. The summed E-state index contributed by atoms with van der Waals surface area (Å²) in [5.74, 6) is -5.00. The summed E-state index contributed by atoms with van der Waals surface area (Å²) in [4.78, 5) is 23.5. The Balaban J connectivity index is 2.97. The van der Waals surface area contributed by atoms with Crippen LogP contribution in [-0.2, 0) is 28.9 Å². The van der Waals surface area contributed by atoms with Crippen molar-refractivity contribution in [2.24, 2.45) is 11.8 Å². The molecule has 19 heavy (non-hydrogen) atoms. The maximum atomic E-state index is 11.8. The number of rotatable bonds is 5. The highest BCUT2D eigenvalue weighted by Crippen LogP contribution is 2.28. The summed E-state index contributed by atoms with van der Waals surface area (Å²) in [5.41, 5.74) is 0. The molecule has 0 bridgehead atoms. The highest BCUT2D eigenvalue weighted by Gasteiger charge is 2.48. The minimum absolute atomic E-state index is 0.0598. The van der Waals surface area contributed by atoms with Gasteiger partial charge >= 0.3 is 11.9 Å². The molecular formula is C11H18O7S. The van der Waals surface area contributed by atoms with Crippen molar-refractivity contribution >= 4 is 21.8 Å². The molecule has 0 aliphatic carbocycles. The van der Waals surface area contributed by atoms with Gasteiger partial charge in [0.25, 0.3) is 0 Å². The fourth-order valence-electron chi connectivity index (χ4n) is 2.08. The lowest BCUT2D eigenvalue weighted by molar-refractivity contribution is -0.165. The molecule has 0 spiro atoms. The SMILES string of the molecule is CCOC(=O)C(C(=O)OCC)C1CS(=O)(=O)CC1O. The van der Waals surface area contributed by atoms with Gasteiger partial charge in [0.15, 0.2) is 15.8 Å². The van der Waals surface area contributed by atoms with E-state index in [9.17, 15) is 23.1 Å². The zero-order chi connectivity index (χ0) is 14.6. The van der Waals surface area contributed by atoms with Crippen molar-refractivity contribution in [2.75, 3.05) is 24.7 Å². The zero-order valence-corrected chi connectivity index (χ0v) is 11.7. The molecule has 7 nitrogen and oxygen atoms in total. The highest BCUT2D eigenvalue weighted by atomic mass is 32.2. The van der Waals surface area contributed by atoms with Gasteiger partial charge in [-0.3, -0.25) is 9.59 Å². The van der Waals surface area contributed by atoms with Crippen molar-refractivity contribution in [3.63, 3.8) is 0 Å². The quantitative estimate of drug-likeness (QED) is 0.519. The Bertz CT molecular complexity index is 424. The van der Waals surface area contributed by atoms with Crippen LogP contribution in [0, 0.1) is 11.8 Å². The number of carbonyl (C=O) groups is 2. The first-order valence-electron chi connectivity index (χ1n) is 6.04. The third-order valence-corrected chi connectivity index (χ3v) is 4.62. The Labute approximate surface area is 111 Å².